The van der Waals surface area contributed by atoms with E-state index < -0.39 is 71.6 Å². The van der Waals surface area contributed by atoms with E-state index >= 15 is 0 Å². The summed E-state index contributed by atoms with van der Waals surface area (Å²) in [7, 11) is 0. The first-order valence-corrected chi connectivity index (χ1v) is 16.0. The van der Waals surface area contributed by atoms with E-state index in [-0.39, 0.29) is 6.42 Å². The van der Waals surface area contributed by atoms with E-state index in [2.05, 4.69) is 10.6 Å². The van der Waals surface area contributed by atoms with Crippen molar-refractivity contribution < 1.29 is 33.4 Å². The molecule has 0 fully saturated rings. The van der Waals surface area contributed by atoms with Gasteiger partial charge in [0.05, 0.1) is 6.42 Å². The molecule has 0 saturated heterocycles. The number of hydrogen-bond acceptors (Lipinski definition) is 7. The zero-order valence-corrected chi connectivity index (χ0v) is 29.4. The third-order valence-electron chi connectivity index (χ3n) is 7.35. The van der Waals surface area contributed by atoms with Gasteiger partial charge in [-0.2, -0.15) is 0 Å². The second-order valence-electron chi connectivity index (χ2n) is 13.9. The number of carbonyl (C=O) groups is 5. The number of nitrogens with zero attached hydrogens (tertiary/aromatic N) is 1. The molecule has 0 spiro atoms. The Bertz CT molecular complexity index is 1390. The Morgan fingerprint density at radius 1 is 0.809 bits per heavy atom. The van der Waals surface area contributed by atoms with Crippen molar-refractivity contribution in [2.24, 2.45) is 5.73 Å². The maximum atomic E-state index is 14.6. The highest BCUT2D eigenvalue weighted by atomic mass is 16.6. The van der Waals surface area contributed by atoms with Crippen molar-refractivity contribution in [2.45, 2.75) is 124 Å². The van der Waals surface area contributed by atoms with Crippen LogP contribution < -0.4 is 16.4 Å². The molecule has 4 unspecified atom stereocenters. The van der Waals surface area contributed by atoms with Crippen molar-refractivity contribution in [3.63, 3.8) is 0 Å². The van der Waals surface area contributed by atoms with Crippen LogP contribution in [-0.4, -0.2) is 64.0 Å². The van der Waals surface area contributed by atoms with Gasteiger partial charge in [-0.1, -0.05) is 55.5 Å². The van der Waals surface area contributed by atoms with E-state index in [9.17, 15) is 24.0 Å². The fourth-order valence-electron chi connectivity index (χ4n) is 5.15. The number of aryl methyl sites for hydroxylation is 2. The summed E-state index contributed by atoms with van der Waals surface area (Å²) < 4.78 is 11.1. The molecule has 258 valence electrons. The second kappa shape index (κ2) is 16.4. The van der Waals surface area contributed by atoms with Gasteiger partial charge in [0.2, 0.25) is 17.7 Å². The Balaban J connectivity index is 2.71. The fourth-order valence-corrected chi connectivity index (χ4v) is 5.15. The van der Waals surface area contributed by atoms with Gasteiger partial charge in [-0.25, -0.2) is 9.59 Å². The number of alkyl carbamates (subject to hydrolysis) is 1. The summed E-state index contributed by atoms with van der Waals surface area (Å²) in [5.74, 6) is -2.79. The summed E-state index contributed by atoms with van der Waals surface area (Å²) >= 11 is 0. The van der Waals surface area contributed by atoms with Crippen molar-refractivity contribution in [3.8, 4) is 0 Å². The van der Waals surface area contributed by atoms with Crippen LogP contribution in [0.1, 0.15) is 96.5 Å². The van der Waals surface area contributed by atoms with Crippen LogP contribution in [0.5, 0.6) is 0 Å². The Labute approximate surface area is 278 Å². The van der Waals surface area contributed by atoms with Crippen LogP contribution in [0.15, 0.2) is 48.5 Å². The average molecular weight is 653 g/mol. The van der Waals surface area contributed by atoms with E-state index in [4.69, 9.17) is 15.2 Å². The Morgan fingerprint density at radius 2 is 1.36 bits per heavy atom. The van der Waals surface area contributed by atoms with Crippen molar-refractivity contribution in [1.29, 1.82) is 0 Å². The van der Waals surface area contributed by atoms with E-state index in [0.29, 0.717) is 12.0 Å². The van der Waals surface area contributed by atoms with Crippen LogP contribution in [0.2, 0.25) is 0 Å². The lowest BCUT2D eigenvalue weighted by Crippen LogP contribution is -2.57. The first-order valence-electron chi connectivity index (χ1n) is 16.0. The number of esters is 1. The predicted molar refractivity (Wildman–Crippen MR) is 180 cm³/mol. The normalized spacial score (nSPS) is 14.2. The van der Waals surface area contributed by atoms with E-state index in [0.717, 1.165) is 16.7 Å². The molecule has 11 nitrogen and oxygen atoms in total. The lowest BCUT2D eigenvalue weighted by molar-refractivity contribution is -0.159. The minimum absolute atomic E-state index is 0.142. The van der Waals surface area contributed by atoms with Gasteiger partial charge < -0.3 is 30.7 Å². The van der Waals surface area contributed by atoms with E-state index in [1.807, 2.05) is 69.3 Å². The maximum absolute atomic E-state index is 14.6. The van der Waals surface area contributed by atoms with Crippen LogP contribution in [0.3, 0.4) is 0 Å². The number of carbonyl (C=O) groups excluding carboxylic acids is 5. The highest BCUT2D eigenvalue weighted by Crippen LogP contribution is 2.31. The molecule has 11 heteroatoms. The van der Waals surface area contributed by atoms with Crippen molar-refractivity contribution in [1.82, 2.24) is 15.5 Å². The standard InChI is InChI=1S/C36H52N4O7/c1-11-24(4)40(32(43)26(21-28(37)41)39-34(45)47-36(8,9)10)30(29-22(2)16-15-17-23(29)3)31(42)38-27(33(44)46-35(5,6)7)20-25-18-13-12-14-19-25/h12-19,24,26-27,30H,11,20-21H2,1-10H3,(H2,37,41)(H,38,42)(H,39,45). The molecular weight excluding hydrogens is 600 g/mol. The molecule has 47 heavy (non-hydrogen) atoms. The number of amides is 4. The Kier molecular flexibility index (Phi) is 13.5. The molecule has 0 heterocycles. The molecule has 4 amide bonds. The number of ether oxygens (including phenoxy) is 2. The highest BCUT2D eigenvalue weighted by molar-refractivity contribution is 5.96. The number of rotatable bonds is 13. The SMILES string of the molecule is CCC(C)N(C(=O)C(CC(N)=O)NC(=O)OC(C)(C)C)C(C(=O)NC(Cc1ccccc1)C(=O)OC(C)(C)C)c1c(C)cccc1C. The minimum atomic E-state index is -1.43. The number of nitrogens with two attached hydrogens (primary N) is 1. The monoisotopic (exact) mass is 652 g/mol. The Morgan fingerprint density at radius 3 is 1.85 bits per heavy atom. The summed E-state index contributed by atoms with van der Waals surface area (Å²) in [5, 5.41) is 5.39. The summed E-state index contributed by atoms with van der Waals surface area (Å²) in [6, 6.07) is 10.4. The molecule has 2 aromatic rings. The summed E-state index contributed by atoms with van der Waals surface area (Å²) in [6.07, 6.45) is -0.874. The molecule has 2 aromatic carbocycles. The van der Waals surface area contributed by atoms with Crippen molar-refractivity contribution in [3.05, 3.63) is 70.8 Å². The number of primary amides is 1. The largest absolute Gasteiger partial charge is 0.458 e. The lowest BCUT2D eigenvalue weighted by atomic mass is 9.91. The molecule has 4 N–H and O–H groups in total. The van der Waals surface area contributed by atoms with Gasteiger partial charge in [0.1, 0.15) is 29.3 Å². The molecule has 0 aliphatic rings. The van der Waals surface area contributed by atoms with Crippen LogP contribution in [-0.2, 0) is 35.1 Å². The molecule has 0 aliphatic heterocycles. The van der Waals surface area contributed by atoms with Gasteiger partial charge in [0.25, 0.3) is 0 Å². The molecule has 0 aliphatic carbocycles. The molecular formula is C36H52N4O7. The Hall–Kier alpha value is -4.41. The molecule has 4 atom stereocenters. The third-order valence-corrected chi connectivity index (χ3v) is 7.35. The van der Waals surface area contributed by atoms with Crippen LogP contribution >= 0.6 is 0 Å². The van der Waals surface area contributed by atoms with Crippen LogP contribution in [0, 0.1) is 13.8 Å². The third kappa shape index (κ3) is 12.0. The quantitative estimate of drug-likeness (QED) is 0.262. The molecule has 2 rings (SSSR count). The minimum Gasteiger partial charge on any atom is -0.458 e. The lowest BCUT2D eigenvalue weighted by Gasteiger charge is -2.39. The van der Waals surface area contributed by atoms with Gasteiger partial charge in [-0.05, 0) is 91.0 Å². The highest BCUT2D eigenvalue weighted by Gasteiger charge is 2.41. The van der Waals surface area contributed by atoms with E-state index in [1.165, 1.54) is 4.90 Å². The number of hydrogen-bond donors (Lipinski definition) is 3. The number of benzene rings is 2. The first kappa shape index (κ1) is 38.8. The molecule has 0 radical (unpaired) electrons. The van der Waals surface area contributed by atoms with Gasteiger partial charge in [0, 0.05) is 12.5 Å². The van der Waals surface area contributed by atoms with Crippen molar-refractivity contribution >= 4 is 29.8 Å². The smallest absolute Gasteiger partial charge is 0.408 e. The fraction of sp³-hybridized carbons (Fsp3) is 0.528. The number of nitrogens with one attached hydrogen (secondary N) is 2. The maximum Gasteiger partial charge on any atom is 0.408 e. The van der Waals surface area contributed by atoms with Crippen LogP contribution in [0.25, 0.3) is 0 Å². The molecule has 0 aromatic heterocycles. The molecule has 0 saturated carbocycles. The second-order valence-corrected chi connectivity index (χ2v) is 13.9. The zero-order chi connectivity index (χ0) is 35.7. The summed E-state index contributed by atoms with van der Waals surface area (Å²) in [4.78, 5) is 69.0. The zero-order valence-electron chi connectivity index (χ0n) is 29.4. The molecule has 0 bridgehead atoms. The van der Waals surface area contributed by atoms with Gasteiger partial charge in [0.15, 0.2) is 0 Å². The summed E-state index contributed by atoms with van der Waals surface area (Å²) in [5.41, 5.74) is 6.64. The van der Waals surface area contributed by atoms with Gasteiger partial charge in [-0.3, -0.25) is 14.4 Å². The van der Waals surface area contributed by atoms with E-state index in [1.54, 1.807) is 48.5 Å². The summed E-state index contributed by atoms with van der Waals surface area (Å²) in [6.45, 7) is 17.5. The van der Waals surface area contributed by atoms with Crippen LogP contribution in [0.4, 0.5) is 4.79 Å². The van der Waals surface area contributed by atoms with Gasteiger partial charge in [-0.15, -0.1) is 0 Å². The first-order chi connectivity index (χ1) is 21.7. The average Bonchev–Trinajstić information content (AvgIpc) is 2.93. The van der Waals surface area contributed by atoms with Gasteiger partial charge >= 0.3 is 12.1 Å². The predicted octanol–water partition coefficient (Wildman–Crippen LogP) is 4.81. The van der Waals surface area contributed by atoms with Crippen molar-refractivity contribution in [2.75, 3.05) is 0 Å². The topological polar surface area (TPSA) is 157 Å².